The van der Waals surface area contributed by atoms with Crippen molar-refractivity contribution in [3.63, 3.8) is 0 Å². The van der Waals surface area contributed by atoms with Crippen molar-refractivity contribution in [3.8, 4) is 17.2 Å². The average molecular weight is 442 g/mol. The monoisotopic (exact) mass is 441 g/mol. The van der Waals surface area contributed by atoms with Crippen molar-refractivity contribution in [2.24, 2.45) is 0 Å². The second-order valence-electron chi connectivity index (χ2n) is 8.94. The number of thioether (sulfide) groups is 1. The molecule has 3 aromatic rings. The molecule has 0 amide bonds. The molecule has 1 spiro atoms. The lowest BCUT2D eigenvalue weighted by molar-refractivity contribution is 0.281. The molecule has 2 aliphatic rings. The minimum absolute atomic E-state index is 0.0636. The lowest BCUT2D eigenvalue weighted by Crippen LogP contribution is -2.43. The van der Waals surface area contributed by atoms with Gasteiger partial charge in [0.2, 0.25) is 0 Å². The number of hydrogen-bond donors (Lipinski definition) is 0. The van der Waals surface area contributed by atoms with Gasteiger partial charge in [0.15, 0.2) is 0 Å². The SMILES string of the molecule is N#CCSc1nn(CCc2ccccc2)c(=O)c2c1-c1ccccc1CC21CCCCC1. The Hall–Kier alpha value is -2.84. The summed E-state index contributed by atoms with van der Waals surface area (Å²) in [7, 11) is 0. The number of aromatic nitrogens is 2. The Morgan fingerprint density at radius 1 is 1.03 bits per heavy atom. The maximum Gasteiger partial charge on any atom is 0.271 e. The van der Waals surface area contributed by atoms with Crippen LogP contribution in [0.4, 0.5) is 0 Å². The van der Waals surface area contributed by atoms with Crippen LogP contribution in [-0.2, 0) is 24.8 Å². The molecule has 2 aromatic carbocycles. The summed E-state index contributed by atoms with van der Waals surface area (Å²) in [6.45, 7) is 0.550. The molecule has 0 N–H and O–H groups in total. The third kappa shape index (κ3) is 3.78. The van der Waals surface area contributed by atoms with Crippen LogP contribution in [0, 0.1) is 11.3 Å². The van der Waals surface area contributed by atoms with Crippen molar-refractivity contribution >= 4 is 11.8 Å². The Balaban J connectivity index is 1.68. The molecule has 0 saturated heterocycles. The summed E-state index contributed by atoms with van der Waals surface area (Å²) in [5.74, 6) is 0.325. The Morgan fingerprint density at radius 2 is 1.78 bits per heavy atom. The molecular formula is C27H27N3OS. The number of fused-ring (bicyclic) bond motifs is 4. The first-order chi connectivity index (χ1) is 15.7. The van der Waals surface area contributed by atoms with E-state index in [1.807, 2.05) is 24.3 Å². The van der Waals surface area contributed by atoms with Gasteiger partial charge < -0.3 is 0 Å². The smallest absolute Gasteiger partial charge is 0.267 e. The van der Waals surface area contributed by atoms with Crippen molar-refractivity contribution in [1.82, 2.24) is 9.78 Å². The van der Waals surface area contributed by atoms with E-state index in [-0.39, 0.29) is 11.0 Å². The molecule has 32 heavy (non-hydrogen) atoms. The fourth-order valence-corrected chi connectivity index (χ4v) is 6.26. The molecule has 5 heteroatoms. The summed E-state index contributed by atoms with van der Waals surface area (Å²) < 4.78 is 1.68. The van der Waals surface area contributed by atoms with E-state index in [1.165, 1.54) is 29.3 Å². The minimum atomic E-state index is -0.113. The highest BCUT2D eigenvalue weighted by Gasteiger charge is 2.43. The molecular weight excluding hydrogens is 414 g/mol. The molecule has 1 heterocycles. The fraction of sp³-hybridized carbons (Fsp3) is 0.370. The summed E-state index contributed by atoms with van der Waals surface area (Å²) >= 11 is 1.46. The van der Waals surface area contributed by atoms with E-state index in [2.05, 4.69) is 36.4 Å². The highest BCUT2D eigenvalue weighted by molar-refractivity contribution is 7.99. The van der Waals surface area contributed by atoms with Crippen molar-refractivity contribution < 1.29 is 0 Å². The Kier molecular flexibility index (Phi) is 5.89. The van der Waals surface area contributed by atoms with Gasteiger partial charge in [-0.3, -0.25) is 4.79 Å². The summed E-state index contributed by atoms with van der Waals surface area (Å²) in [6.07, 6.45) is 7.35. The number of rotatable bonds is 5. The van der Waals surface area contributed by atoms with Gasteiger partial charge in [0.1, 0.15) is 5.03 Å². The Morgan fingerprint density at radius 3 is 2.56 bits per heavy atom. The maximum atomic E-state index is 14.0. The van der Waals surface area contributed by atoms with Gasteiger partial charge >= 0.3 is 0 Å². The number of hydrogen-bond acceptors (Lipinski definition) is 4. The molecule has 1 fully saturated rings. The van der Waals surface area contributed by atoms with Crippen LogP contribution < -0.4 is 5.56 Å². The highest BCUT2D eigenvalue weighted by atomic mass is 32.2. The Labute approximate surface area is 193 Å². The second-order valence-corrected chi connectivity index (χ2v) is 9.90. The number of benzene rings is 2. The Bertz CT molecular complexity index is 1220. The molecule has 5 rings (SSSR count). The summed E-state index contributed by atoms with van der Waals surface area (Å²) in [5, 5.41) is 14.9. The van der Waals surface area contributed by atoms with Crippen LogP contribution in [0.25, 0.3) is 11.1 Å². The van der Waals surface area contributed by atoms with Crippen LogP contribution in [0.2, 0.25) is 0 Å². The van der Waals surface area contributed by atoms with Gasteiger partial charge in [-0.05, 0) is 42.4 Å². The van der Waals surface area contributed by atoms with E-state index in [9.17, 15) is 10.1 Å². The van der Waals surface area contributed by atoms with Gasteiger partial charge in [0.05, 0.1) is 11.8 Å². The van der Waals surface area contributed by atoms with E-state index in [1.54, 1.807) is 4.68 Å². The molecule has 0 radical (unpaired) electrons. The zero-order chi connectivity index (χ0) is 22.0. The van der Waals surface area contributed by atoms with Gasteiger partial charge in [0.25, 0.3) is 5.56 Å². The quantitative estimate of drug-likeness (QED) is 0.489. The predicted octanol–water partition coefficient (Wildman–Crippen LogP) is 5.53. The first-order valence-electron chi connectivity index (χ1n) is 11.5. The number of aryl methyl sites for hydroxylation is 2. The molecule has 1 aromatic heterocycles. The molecule has 0 bridgehead atoms. The first-order valence-corrected chi connectivity index (χ1v) is 12.5. The van der Waals surface area contributed by atoms with Gasteiger partial charge in [-0.25, -0.2) is 4.68 Å². The highest BCUT2D eigenvalue weighted by Crippen LogP contribution is 2.50. The molecule has 1 saturated carbocycles. The van der Waals surface area contributed by atoms with Crippen LogP contribution in [0.1, 0.15) is 48.8 Å². The summed E-state index contributed by atoms with van der Waals surface area (Å²) in [4.78, 5) is 14.0. The molecule has 162 valence electrons. The molecule has 4 nitrogen and oxygen atoms in total. The largest absolute Gasteiger partial charge is 0.271 e. The molecule has 2 aliphatic carbocycles. The van der Waals surface area contributed by atoms with Crippen LogP contribution >= 0.6 is 11.8 Å². The fourth-order valence-electron chi connectivity index (χ4n) is 5.55. The van der Waals surface area contributed by atoms with Crippen LogP contribution in [0.3, 0.4) is 0 Å². The van der Waals surface area contributed by atoms with Gasteiger partial charge in [-0.1, -0.05) is 85.6 Å². The van der Waals surface area contributed by atoms with Crippen molar-refractivity contribution in [1.29, 1.82) is 5.26 Å². The average Bonchev–Trinajstić information content (AvgIpc) is 2.83. The van der Waals surface area contributed by atoms with Crippen LogP contribution in [0.5, 0.6) is 0 Å². The van der Waals surface area contributed by atoms with Gasteiger partial charge in [-0.2, -0.15) is 10.4 Å². The lowest BCUT2D eigenvalue weighted by Gasteiger charge is -2.42. The van der Waals surface area contributed by atoms with Crippen molar-refractivity contribution in [2.45, 2.75) is 61.9 Å². The van der Waals surface area contributed by atoms with Crippen molar-refractivity contribution in [2.75, 3.05) is 5.75 Å². The summed E-state index contributed by atoms with van der Waals surface area (Å²) in [5.41, 5.74) is 5.53. The number of nitriles is 1. The molecule has 0 unspecified atom stereocenters. The molecule has 0 aliphatic heterocycles. The van der Waals surface area contributed by atoms with E-state index in [0.29, 0.717) is 12.3 Å². The summed E-state index contributed by atoms with van der Waals surface area (Å²) in [6, 6.07) is 21.0. The van der Waals surface area contributed by atoms with Crippen LogP contribution in [-0.4, -0.2) is 15.5 Å². The normalized spacial score (nSPS) is 16.2. The predicted molar refractivity (Wildman–Crippen MR) is 129 cm³/mol. The van der Waals surface area contributed by atoms with E-state index in [4.69, 9.17) is 5.10 Å². The maximum absolute atomic E-state index is 14.0. The third-order valence-corrected chi connectivity index (χ3v) is 7.84. The second kappa shape index (κ2) is 8.96. The zero-order valence-corrected chi connectivity index (χ0v) is 19.0. The van der Waals surface area contributed by atoms with Gasteiger partial charge in [0, 0.05) is 23.1 Å². The van der Waals surface area contributed by atoms with E-state index in [0.717, 1.165) is 60.2 Å². The lowest BCUT2D eigenvalue weighted by atomic mass is 9.62. The molecule has 0 atom stereocenters. The van der Waals surface area contributed by atoms with E-state index >= 15 is 0 Å². The topological polar surface area (TPSA) is 58.7 Å². The third-order valence-electron chi connectivity index (χ3n) is 7.01. The number of nitrogens with zero attached hydrogens (tertiary/aromatic N) is 3. The van der Waals surface area contributed by atoms with Gasteiger partial charge in [-0.15, -0.1) is 0 Å². The first kappa shape index (κ1) is 21.0. The van der Waals surface area contributed by atoms with Crippen molar-refractivity contribution in [3.05, 3.63) is 81.6 Å². The van der Waals surface area contributed by atoms with Crippen LogP contribution in [0.15, 0.2) is 64.4 Å². The standard InChI is InChI=1S/C27H27N3OS/c28-16-18-32-25-23-22-12-6-5-11-21(22)19-27(14-7-2-8-15-27)24(23)26(31)30(29-25)17-13-20-9-3-1-4-10-20/h1,3-6,9-12H,2,7-8,13-15,17-19H2. The zero-order valence-electron chi connectivity index (χ0n) is 18.2. The minimum Gasteiger partial charge on any atom is -0.267 e. The van der Waals surface area contributed by atoms with E-state index < -0.39 is 0 Å².